The van der Waals surface area contributed by atoms with Gasteiger partial charge in [0.05, 0.1) is 30.9 Å². The number of hydrogen-bond acceptors (Lipinski definition) is 8. The summed E-state index contributed by atoms with van der Waals surface area (Å²) in [6.07, 6.45) is -1.78. The Bertz CT molecular complexity index is 913. The number of amides is 4. The third-order valence-corrected chi connectivity index (χ3v) is 4.97. The van der Waals surface area contributed by atoms with Crippen LogP contribution in [-0.2, 0) is 33.6 Å². The second kappa shape index (κ2) is 16.0. The lowest BCUT2D eigenvalue weighted by atomic mass is 9.98. The first kappa shape index (κ1) is 32.2. The van der Waals surface area contributed by atoms with Crippen molar-refractivity contribution in [3.8, 4) is 0 Å². The Kier molecular flexibility index (Phi) is 14.3. The Labute approximate surface area is 207 Å². The van der Waals surface area contributed by atoms with Gasteiger partial charge < -0.3 is 30.7 Å². The minimum Gasteiger partial charge on any atom is -0.481 e. The van der Waals surface area contributed by atoms with Gasteiger partial charge in [-0.05, 0) is 12.8 Å². The highest BCUT2D eigenvalue weighted by atomic mass is 16.4. The number of carboxylic acid groups (broad SMARTS) is 2. The van der Waals surface area contributed by atoms with E-state index in [9.17, 15) is 38.7 Å². The molecule has 0 aromatic heterocycles. The molecule has 0 aromatic carbocycles. The lowest BCUT2D eigenvalue weighted by molar-refractivity contribution is -0.139. The van der Waals surface area contributed by atoms with Gasteiger partial charge in [0.1, 0.15) is 18.0 Å². The van der Waals surface area contributed by atoms with Crippen molar-refractivity contribution >= 4 is 53.8 Å². The third-order valence-electron chi connectivity index (χ3n) is 4.97. The van der Waals surface area contributed by atoms with E-state index in [1.807, 2.05) is 0 Å². The van der Waals surface area contributed by atoms with Crippen molar-refractivity contribution in [3.05, 3.63) is 0 Å². The second-order valence-corrected chi connectivity index (χ2v) is 8.05. The average Bonchev–Trinajstić information content (AvgIpc) is 2.78. The summed E-state index contributed by atoms with van der Waals surface area (Å²) in [6.45, 7) is 5.82. The summed E-state index contributed by atoms with van der Waals surface area (Å²) < 4.78 is 0. The Hall–Kier alpha value is -3.81. The zero-order valence-electron chi connectivity index (χ0n) is 20.5. The molecule has 0 aliphatic rings. The van der Waals surface area contributed by atoms with Crippen LogP contribution in [0.4, 0.5) is 0 Å². The van der Waals surface area contributed by atoms with Crippen molar-refractivity contribution in [1.29, 1.82) is 0 Å². The first-order valence-corrected chi connectivity index (χ1v) is 11.1. The fraction of sp³-hybridized carbons (Fsp3) is 0.591. The van der Waals surface area contributed by atoms with Crippen molar-refractivity contribution < 1.29 is 48.9 Å². The number of rotatable bonds is 15. The van der Waals surface area contributed by atoms with E-state index in [1.165, 1.54) is 13.8 Å². The molecule has 0 radical (unpaired) electrons. The fourth-order valence-corrected chi connectivity index (χ4v) is 2.77. The highest BCUT2D eigenvalue weighted by Crippen LogP contribution is 2.11. The van der Waals surface area contributed by atoms with Crippen LogP contribution in [0.1, 0.15) is 53.4 Å². The van der Waals surface area contributed by atoms with Crippen LogP contribution < -0.4 is 10.6 Å². The normalized spacial score (nSPS) is 15.8. The number of aliphatic hydroxyl groups is 1. The van der Waals surface area contributed by atoms with Crippen molar-refractivity contribution in [1.82, 2.24) is 10.6 Å². The van der Waals surface area contributed by atoms with Crippen molar-refractivity contribution in [3.63, 3.8) is 0 Å². The van der Waals surface area contributed by atoms with E-state index in [0.717, 1.165) is 6.21 Å². The number of aliphatic carboxylic acids is 2. The van der Waals surface area contributed by atoms with Gasteiger partial charge in [0.25, 0.3) is 11.8 Å². The molecule has 4 amide bonds. The van der Waals surface area contributed by atoms with E-state index < -0.39 is 84.6 Å². The number of aliphatic imine (C=N–C) groups is 2. The van der Waals surface area contributed by atoms with Gasteiger partial charge >= 0.3 is 11.9 Å². The standard InChI is InChI=1S/C22H32N4O10/c1-5-11(2)19(24-13(4)29)22(36)26-16(6-7-17(30)31)21(35)23-9-15(12(3)28)20(34)25-14(10-27)8-18(32)33/h9-12,14-15,19,28H,5-8H2,1-4H3,(H,24,29)(H,25,34)(H,30,31)(H,32,33)/t11-,12+,14-,15?,19-/m0/s1. The number of carbonyl (C=O) groups is 7. The van der Waals surface area contributed by atoms with Gasteiger partial charge in [-0.2, -0.15) is 0 Å². The molecule has 200 valence electrons. The summed E-state index contributed by atoms with van der Waals surface area (Å²) >= 11 is 0. The Morgan fingerprint density at radius 1 is 0.972 bits per heavy atom. The van der Waals surface area contributed by atoms with E-state index in [0.29, 0.717) is 6.42 Å². The van der Waals surface area contributed by atoms with Gasteiger partial charge in [0.15, 0.2) is 0 Å². The average molecular weight is 513 g/mol. The van der Waals surface area contributed by atoms with Crippen LogP contribution in [0, 0.1) is 11.8 Å². The lowest BCUT2D eigenvalue weighted by Gasteiger charge is -2.20. The smallest absolute Gasteiger partial charge is 0.305 e. The van der Waals surface area contributed by atoms with Gasteiger partial charge in [-0.15, -0.1) is 0 Å². The number of nitrogens with one attached hydrogen (secondary N) is 2. The molecule has 5 N–H and O–H groups in total. The van der Waals surface area contributed by atoms with E-state index in [4.69, 9.17) is 10.2 Å². The molecule has 0 bridgehead atoms. The molecule has 0 heterocycles. The highest BCUT2D eigenvalue weighted by Gasteiger charge is 2.28. The quantitative estimate of drug-likeness (QED) is 0.134. The molecule has 14 heteroatoms. The van der Waals surface area contributed by atoms with Crippen LogP contribution in [0.15, 0.2) is 9.98 Å². The van der Waals surface area contributed by atoms with Crippen molar-refractivity contribution in [2.24, 2.45) is 21.8 Å². The van der Waals surface area contributed by atoms with Crippen LogP contribution in [0.3, 0.4) is 0 Å². The number of aliphatic hydroxyl groups excluding tert-OH is 1. The van der Waals surface area contributed by atoms with Gasteiger partial charge in [-0.1, -0.05) is 20.3 Å². The molecular weight excluding hydrogens is 480 g/mol. The maximum Gasteiger partial charge on any atom is 0.305 e. The van der Waals surface area contributed by atoms with E-state index >= 15 is 0 Å². The number of carboxylic acids is 2. The van der Waals surface area contributed by atoms with Gasteiger partial charge in [-0.25, -0.2) is 9.98 Å². The molecule has 14 nitrogen and oxygen atoms in total. The topological polar surface area (TPSA) is 229 Å². The molecule has 0 saturated heterocycles. The minimum atomic E-state index is -1.49. The molecule has 0 aromatic rings. The third kappa shape index (κ3) is 12.1. The van der Waals surface area contributed by atoms with Gasteiger partial charge in [0, 0.05) is 19.6 Å². The summed E-state index contributed by atoms with van der Waals surface area (Å²) in [5, 5.41) is 32.2. The first-order valence-electron chi connectivity index (χ1n) is 11.1. The lowest BCUT2D eigenvalue weighted by Crippen LogP contribution is -2.44. The van der Waals surface area contributed by atoms with Gasteiger partial charge in [0.2, 0.25) is 11.8 Å². The predicted molar refractivity (Wildman–Crippen MR) is 125 cm³/mol. The molecule has 5 atom stereocenters. The predicted octanol–water partition coefficient (Wildman–Crippen LogP) is -0.878. The highest BCUT2D eigenvalue weighted by molar-refractivity contribution is 6.42. The summed E-state index contributed by atoms with van der Waals surface area (Å²) in [5.41, 5.74) is -0.543. The molecule has 0 rings (SSSR count). The first-order chi connectivity index (χ1) is 16.7. The zero-order chi connectivity index (χ0) is 28.0. The second-order valence-electron chi connectivity index (χ2n) is 8.05. The van der Waals surface area contributed by atoms with E-state index in [2.05, 4.69) is 20.6 Å². The van der Waals surface area contributed by atoms with Crippen molar-refractivity contribution in [2.45, 2.75) is 71.6 Å². The molecule has 0 aliphatic carbocycles. The summed E-state index contributed by atoms with van der Waals surface area (Å²) in [7, 11) is 0. The molecular formula is C22H32N4O10. The summed E-state index contributed by atoms with van der Waals surface area (Å²) in [5.74, 6) is -8.05. The van der Waals surface area contributed by atoms with Crippen LogP contribution in [0.2, 0.25) is 0 Å². The zero-order valence-corrected chi connectivity index (χ0v) is 20.5. The fourth-order valence-electron chi connectivity index (χ4n) is 2.77. The molecule has 0 saturated carbocycles. The van der Waals surface area contributed by atoms with E-state index in [-0.39, 0.29) is 12.2 Å². The Morgan fingerprint density at radius 3 is 2.03 bits per heavy atom. The van der Waals surface area contributed by atoms with Crippen LogP contribution in [0.5, 0.6) is 0 Å². The number of carbonyl (C=O) groups excluding carboxylic acids is 5. The van der Waals surface area contributed by atoms with Crippen LogP contribution in [-0.4, -0.2) is 87.3 Å². The Balaban J connectivity index is 5.95. The molecule has 1 unspecified atom stereocenters. The van der Waals surface area contributed by atoms with Crippen LogP contribution in [0.25, 0.3) is 0 Å². The van der Waals surface area contributed by atoms with Gasteiger partial charge in [-0.3, -0.25) is 28.8 Å². The van der Waals surface area contributed by atoms with E-state index in [1.54, 1.807) is 13.8 Å². The maximum absolute atomic E-state index is 12.7. The summed E-state index contributed by atoms with van der Waals surface area (Å²) in [4.78, 5) is 89.2. The minimum absolute atomic E-state index is 0.193. The number of nitrogens with zero attached hydrogens (tertiary/aromatic N) is 2. The largest absolute Gasteiger partial charge is 0.481 e. The molecule has 0 aliphatic heterocycles. The monoisotopic (exact) mass is 512 g/mol. The molecule has 36 heavy (non-hydrogen) atoms. The van der Waals surface area contributed by atoms with Crippen LogP contribution >= 0.6 is 0 Å². The molecule has 0 fully saturated rings. The number of aldehydes is 1. The SMILES string of the molecule is CC[C@H](C)[C@H](NC(C)=O)C(=O)N=C(CCC(=O)O)C(=O)N=CC(C(=O)N[C@H](C=O)CC(=O)O)[C@@H](C)O. The summed E-state index contributed by atoms with van der Waals surface area (Å²) in [6, 6.07) is -2.47. The molecule has 0 spiro atoms. The maximum atomic E-state index is 12.7. The van der Waals surface area contributed by atoms with Crippen molar-refractivity contribution in [2.75, 3.05) is 0 Å². The Morgan fingerprint density at radius 2 is 1.58 bits per heavy atom. The number of hydrogen-bond donors (Lipinski definition) is 5.